The van der Waals surface area contributed by atoms with Crippen molar-refractivity contribution in [3.63, 3.8) is 0 Å². The van der Waals surface area contributed by atoms with E-state index in [9.17, 15) is 0 Å². The van der Waals surface area contributed by atoms with E-state index in [0.29, 0.717) is 0 Å². The van der Waals surface area contributed by atoms with Gasteiger partial charge in [0.05, 0.1) is 6.33 Å². The third kappa shape index (κ3) is 3.19. The predicted molar refractivity (Wildman–Crippen MR) is 78.2 cm³/mol. The molecule has 0 bridgehead atoms. The molecule has 0 spiro atoms. The minimum Gasteiger partial charge on any atom is -0.334 e. The molecule has 0 radical (unpaired) electrons. The molecule has 3 nitrogen and oxygen atoms in total. The van der Waals surface area contributed by atoms with Crippen LogP contribution in [0.5, 0.6) is 0 Å². The Morgan fingerprint density at radius 3 is 2.63 bits per heavy atom. The van der Waals surface area contributed by atoms with Crippen LogP contribution in [0.25, 0.3) is 0 Å². The topological polar surface area (TPSA) is 29.9 Å². The van der Waals surface area contributed by atoms with E-state index >= 15 is 0 Å². The van der Waals surface area contributed by atoms with Gasteiger partial charge >= 0.3 is 0 Å². The zero-order chi connectivity index (χ0) is 13.1. The van der Waals surface area contributed by atoms with E-state index in [0.717, 1.165) is 30.8 Å². The standard InChI is InChI=1S/C16H27N3/c1-13-2-4-14(5-3-13)11-19-12-18-10-16(19)15-6-8-17-9-7-15/h10,12-15,17H,2-9,11H2,1H3. The third-order valence-corrected chi connectivity index (χ3v) is 5.09. The first-order valence-electron chi connectivity index (χ1n) is 8.03. The van der Waals surface area contributed by atoms with Crippen LogP contribution in [-0.4, -0.2) is 22.6 Å². The Morgan fingerprint density at radius 2 is 1.89 bits per heavy atom. The first-order chi connectivity index (χ1) is 9.33. The van der Waals surface area contributed by atoms with Crippen LogP contribution in [0, 0.1) is 11.8 Å². The average Bonchev–Trinajstić information content (AvgIpc) is 2.90. The lowest BCUT2D eigenvalue weighted by Crippen LogP contribution is -2.28. The Balaban J connectivity index is 1.63. The molecule has 1 N–H and O–H groups in total. The fraction of sp³-hybridized carbons (Fsp3) is 0.812. The van der Waals surface area contributed by atoms with E-state index in [-0.39, 0.29) is 0 Å². The van der Waals surface area contributed by atoms with Crippen molar-refractivity contribution >= 4 is 0 Å². The van der Waals surface area contributed by atoms with Gasteiger partial charge in [0.25, 0.3) is 0 Å². The Hall–Kier alpha value is -0.830. The van der Waals surface area contributed by atoms with Crippen LogP contribution in [0.3, 0.4) is 0 Å². The van der Waals surface area contributed by atoms with Gasteiger partial charge in [0, 0.05) is 24.4 Å². The first kappa shape index (κ1) is 13.2. The summed E-state index contributed by atoms with van der Waals surface area (Å²) in [6.45, 7) is 5.92. The van der Waals surface area contributed by atoms with Crippen LogP contribution in [-0.2, 0) is 6.54 Å². The Labute approximate surface area is 116 Å². The van der Waals surface area contributed by atoms with Gasteiger partial charge < -0.3 is 9.88 Å². The average molecular weight is 261 g/mol. The predicted octanol–water partition coefficient (Wildman–Crippen LogP) is 3.18. The lowest BCUT2D eigenvalue weighted by atomic mass is 9.83. The van der Waals surface area contributed by atoms with Gasteiger partial charge in [-0.1, -0.05) is 19.8 Å². The lowest BCUT2D eigenvalue weighted by Gasteiger charge is -2.29. The molecule has 1 saturated heterocycles. The van der Waals surface area contributed by atoms with E-state index < -0.39 is 0 Å². The van der Waals surface area contributed by atoms with Gasteiger partial charge in [0.1, 0.15) is 0 Å². The summed E-state index contributed by atoms with van der Waals surface area (Å²) in [5.41, 5.74) is 1.49. The second-order valence-corrected chi connectivity index (χ2v) is 6.62. The van der Waals surface area contributed by atoms with Crippen LogP contribution in [0.1, 0.15) is 57.1 Å². The molecule has 1 aromatic heterocycles. The molecular formula is C16H27N3. The summed E-state index contributed by atoms with van der Waals surface area (Å²) in [4.78, 5) is 4.42. The molecule has 3 rings (SSSR count). The number of aromatic nitrogens is 2. The van der Waals surface area contributed by atoms with Gasteiger partial charge in [0.2, 0.25) is 0 Å². The zero-order valence-electron chi connectivity index (χ0n) is 12.1. The summed E-state index contributed by atoms with van der Waals surface area (Å²) in [5.74, 6) is 2.56. The molecule has 2 fully saturated rings. The molecule has 19 heavy (non-hydrogen) atoms. The second kappa shape index (κ2) is 6.08. The highest BCUT2D eigenvalue weighted by molar-refractivity contribution is 5.08. The number of nitrogens with zero attached hydrogens (tertiary/aromatic N) is 2. The Kier molecular flexibility index (Phi) is 4.21. The molecule has 2 aliphatic rings. The summed E-state index contributed by atoms with van der Waals surface area (Å²) in [6.07, 6.45) is 12.4. The van der Waals surface area contributed by atoms with Crippen molar-refractivity contribution in [3.8, 4) is 0 Å². The number of piperidine rings is 1. The van der Waals surface area contributed by atoms with E-state index in [4.69, 9.17) is 0 Å². The van der Waals surface area contributed by atoms with E-state index in [2.05, 4.69) is 34.3 Å². The summed E-state index contributed by atoms with van der Waals surface area (Å²) in [7, 11) is 0. The van der Waals surface area contributed by atoms with Gasteiger partial charge in [0.15, 0.2) is 0 Å². The van der Waals surface area contributed by atoms with Gasteiger partial charge in [-0.2, -0.15) is 0 Å². The van der Waals surface area contributed by atoms with E-state index in [1.165, 1.54) is 50.8 Å². The second-order valence-electron chi connectivity index (χ2n) is 6.62. The van der Waals surface area contributed by atoms with Crippen LogP contribution >= 0.6 is 0 Å². The number of nitrogens with one attached hydrogen (secondary N) is 1. The molecular weight excluding hydrogens is 234 g/mol. The third-order valence-electron chi connectivity index (χ3n) is 5.09. The molecule has 3 heteroatoms. The first-order valence-corrected chi connectivity index (χ1v) is 8.03. The van der Waals surface area contributed by atoms with Crippen LogP contribution in [0.2, 0.25) is 0 Å². The maximum atomic E-state index is 4.42. The van der Waals surface area contributed by atoms with E-state index in [1.54, 1.807) is 0 Å². The highest BCUT2D eigenvalue weighted by Crippen LogP contribution is 2.31. The normalized spacial score (nSPS) is 29.5. The molecule has 2 heterocycles. The molecule has 1 aliphatic carbocycles. The maximum absolute atomic E-state index is 4.42. The Bertz CT molecular complexity index is 384. The van der Waals surface area contributed by atoms with Gasteiger partial charge in [-0.25, -0.2) is 4.98 Å². The lowest BCUT2D eigenvalue weighted by molar-refractivity contribution is 0.261. The minimum atomic E-state index is 0.728. The largest absolute Gasteiger partial charge is 0.334 e. The van der Waals surface area contributed by atoms with E-state index in [1.807, 2.05) is 0 Å². The zero-order valence-corrected chi connectivity index (χ0v) is 12.1. The van der Waals surface area contributed by atoms with Crippen molar-refractivity contribution in [2.75, 3.05) is 13.1 Å². The molecule has 1 aromatic rings. The summed E-state index contributed by atoms with van der Waals surface area (Å²) in [5, 5.41) is 3.45. The fourth-order valence-electron chi connectivity index (χ4n) is 3.73. The Morgan fingerprint density at radius 1 is 1.16 bits per heavy atom. The number of rotatable bonds is 3. The van der Waals surface area contributed by atoms with Crippen LogP contribution < -0.4 is 5.32 Å². The maximum Gasteiger partial charge on any atom is 0.0948 e. The number of hydrogen-bond acceptors (Lipinski definition) is 2. The number of imidazole rings is 1. The van der Waals surface area contributed by atoms with Crippen molar-refractivity contribution < 1.29 is 0 Å². The van der Waals surface area contributed by atoms with Crippen molar-refractivity contribution in [3.05, 3.63) is 18.2 Å². The quantitative estimate of drug-likeness (QED) is 0.905. The summed E-state index contributed by atoms with van der Waals surface area (Å²) < 4.78 is 2.46. The monoisotopic (exact) mass is 261 g/mol. The van der Waals surface area contributed by atoms with Gasteiger partial charge in [-0.05, 0) is 50.6 Å². The summed E-state index contributed by atoms with van der Waals surface area (Å²) >= 11 is 0. The molecule has 1 aliphatic heterocycles. The number of hydrogen-bond donors (Lipinski definition) is 1. The molecule has 0 unspecified atom stereocenters. The van der Waals surface area contributed by atoms with Crippen LogP contribution in [0.15, 0.2) is 12.5 Å². The molecule has 0 atom stereocenters. The molecule has 0 aromatic carbocycles. The van der Waals surface area contributed by atoms with Gasteiger partial charge in [-0.15, -0.1) is 0 Å². The smallest absolute Gasteiger partial charge is 0.0948 e. The fourth-order valence-corrected chi connectivity index (χ4v) is 3.73. The molecule has 0 amide bonds. The minimum absolute atomic E-state index is 0.728. The van der Waals surface area contributed by atoms with Crippen molar-refractivity contribution in [2.24, 2.45) is 11.8 Å². The SMILES string of the molecule is CC1CCC(Cn2cncc2C2CCNCC2)CC1. The van der Waals surface area contributed by atoms with Gasteiger partial charge in [-0.3, -0.25) is 0 Å². The molecule has 1 saturated carbocycles. The highest BCUT2D eigenvalue weighted by atomic mass is 15.1. The van der Waals surface area contributed by atoms with Crippen molar-refractivity contribution in [1.29, 1.82) is 0 Å². The summed E-state index contributed by atoms with van der Waals surface area (Å²) in [6, 6.07) is 0. The van der Waals surface area contributed by atoms with Crippen molar-refractivity contribution in [1.82, 2.24) is 14.9 Å². The highest BCUT2D eigenvalue weighted by Gasteiger charge is 2.22. The molecule has 106 valence electrons. The van der Waals surface area contributed by atoms with Crippen molar-refractivity contribution in [2.45, 2.75) is 57.9 Å². The van der Waals surface area contributed by atoms with Crippen LogP contribution in [0.4, 0.5) is 0 Å².